The van der Waals surface area contributed by atoms with Gasteiger partial charge in [0.2, 0.25) is 0 Å². The number of anilines is 1. The fraction of sp³-hybridized carbons (Fsp3) is 0.231. The first kappa shape index (κ1) is 23.5. The maximum atomic E-state index is 13.0. The highest BCUT2D eigenvalue weighted by atomic mass is 35.5. The predicted molar refractivity (Wildman–Crippen MR) is 136 cm³/mol. The number of aliphatic hydroxyl groups is 1. The van der Waals surface area contributed by atoms with E-state index in [1.807, 2.05) is 48.6 Å². The van der Waals surface area contributed by atoms with Crippen molar-refractivity contribution in [3.8, 4) is 11.3 Å². The Bertz CT molecular complexity index is 1250. The fourth-order valence-corrected chi connectivity index (χ4v) is 4.60. The molecule has 1 aliphatic rings. The number of aliphatic hydroxyl groups excluding tert-OH is 1. The maximum absolute atomic E-state index is 13.0. The largest absolute Gasteiger partial charge is 0.395 e. The number of nitrogens with zero attached hydrogens (tertiary/aromatic N) is 1. The number of amides is 1. The second-order valence-electron chi connectivity index (χ2n) is 8.40. The van der Waals surface area contributed by atoms with Gasteiger partial charge in [-0.1, -0.05) is 66.5 Å². The van der Waals surface area contributed by atoms with Gasteiger partial charge < -0.3 is 15.7 Å². The van der Waals surface area contributed by atoms with Gasteiger partial charge in [0.05, 0.1) is 22.9 Å². The standard InChI is InChI=1S/C26H25Cl2N3O2/c1-26(16-29-12-13-32)10-8-20(23(28)15-26)25(33)31-18-6-7-22(27)21(14-18)24-19-5-3-2-4-17(19)9-11-30-24/h2-9,11,14-15,29,32H,10,12-13,16H2,1H3,(H,31,33). The SMILES string of the molecule is CC1(CNCCO)C=C(Cl)C(C(=O)Nc2ccc(Cl)c(-c3nccc4ccccc34)c2)=CC1. The first-order chi connectivity index (χ1) is 15.9. The van der Waals surface area contributed by atoms with Crippen molar-refractivity contribution in [1.82, 2.24) is 10.3 Å². The number of carbonyl (C=O) groups is 1. The number of fused-ring (bicyclic) bond motifs is 1. The van der Waals surface area contributed by atoms with Crippen molar-refractivity contribution < 1.29 is 9.90 Å². The number of aromatic nitrogens is 1. The second-order valence-corrected chi connectivity index (χ2v) is 9.21. The van der Waals surface area contributed by atoms with Crippen LogP contribution < -0.4 is 10.6 Å². The van der Waals surface area contributed by atoms with E-state index in [2.05, 4.69) is 22.5 Å². The summed E-state index contributed by atoms with van der Waals surface area (Å²) in [5.41, 5.74) is 2.33. The lowest BCUT2D eigenvalue weighted by Gasteiger charge is -2.29. The number of carbonyl (C=O) groups excluding carboxylic acids is 1. The molecule has 33 heavy (non-hydrogen) atoms. The Kier molecular flexibility index (Phi) is 7.15. The number of benzene rings is 2. The van der Waals surface area contributed by atoms with Crippen molar-refractivity contribution in [3.05, 3.63) is 82.5 Å². The van der Waals surface area contributed by atoms with Crippen LogP contribution in [0.1, 0.15) is 13.3 Å². The molecule has 4 rings (SSSR count). The summed E-state index contributed by atoms with van der Waals surface area (Å²) >= 11 is 13.0. The van der Waals surface area contributed by atoms with Gasteiger partial charge in [-0.15, -0.1) is 0 Å². The zero-order valence-electron chi connectivity index (χ0n) is 18.2. The molecule has 1 heterocycles. The van der Waals surface area contributed by atoms with Gasteiger partial charge in [0.25, 0.3) is 5.91 Å². The smallest absolute Gasteiger partial charge is 0.256 e. The Morgan fingerprint density at radius 1 is 1.18 bits per heavy atom. The Balaban J connectivity index is 1.55. The topological polar surface area (TPSA) is 74.2 Å². The molecule has 0 radical (unpaired) electrons. The maximum Gasteiger partial charge on any atom is 0.256 e. The number of nitrogens with one attached hydrogen (secondary N) is 2. The number of hydrogen-bond acceptors (Lipinski definition) is 4. The van der Waals surface area contributed by atoms with Crippen LogP contribution in [0, 0.1) is 5.41 Å². The highest BCUT2D eigenvalue weighted by molar-refractivity contribution is 6.36. The second kappa shape index (κ2) is 10.1. The molecule has 7 heteroatoms. The number of hydrogen-bond donors (Lipinski definition) is 3. The molecule has 1 aliphatic carbocycles. The molecule has 0 spiro atoms. The Labute approximate surface area is 203 Å². The zero-order valence-corrected chi connectivity index (χ0v) is 19.7. The number of halogens is 2. The fourth-order valence-electron chi connectivity index (χ4n) is 3.97. The van der Waals surface area contributed by atoms with Crippen molar-refractivity contribution in [3.63, 3.8) is 0 Å². The van der Waals surface area contributed by atoms with Gasteiger partial charge in [0.15, 0.2) is 0 Å². The molecule has 1 atom stereocenters. The minimum atomic E-state index is -0.277. The van der Waals surface area contributed by atoms with E-state index in [-0.39, 0.29) is 17.9 Å². The first-order valence-electron chi connectivity index (χ1n) is 10.8. The van der Waals surface area contributed by atoms with Crippen LogP contribution in [-0.4, -0.2) is 35.7 Å². The molecule has 3 aromatic rings. The third-order valence-corrected chi connectivity index (χ3v) is 6.36. The lowest BCUT2D eigenvalue weighted by atomic mass is 9.81. The lowest BCUT2D eigenvalue weighted by Crippen LogP contribution is -2.33. The van der Waals surface area contributed by atoms with E-state index >= 15 is 0 Å². The van der Waals surface area contributed by atoms with Gasteiger partial charge in [-0.25, -0.2) is 0 Å². The van der Waals surface area contributed by atoms with Gasteiger partial charge in [-0.3, -0.25) is 9.78 Å². The van der Waals surface area contributed by atoms with E-state index in [1.54, 1.807) is 18.3 Å². The Hall–Kier alpha value is -2.70. The monoisotopic (exact) mass is 481 g/mol. The van der Waals surface area contributed by atoms with E-state index in [0.717, 1.165) is 22.0 Å². The van der Waals surface area contributed by atoms with Crippen LogP contribution in [0.2, 0.25) is 5.02 Å². The number of rotatable bonds is 7. The van der Waals surface area contributed by atoms with Gasteiger partial charge in [-0.2, -0.15) is 0 Å². The average molecular weight is 482 g/mol. The van der Waals surface area contributed by atoms with Gasteiger partial charge >= 0.3 is 0 Å². The van der Waals surface area contributed by atoms with Crippen LogP contribution in [-0.2, 0) is 4.79 Å². The molecular formula is C26H25Cl2N3O2. The van der Waals surface area contributed by atoms with Crippen LogP contribution >= 0.6 is 23.2 Å². The predicted octanol–water partition coefficient (Wildman–Crippen LogP) is 5.53. The molecule has 1 unspecified atom stereocenters. The van der Waals surface area contributed by atoms with Crippen LogP contribution in [0.5, 0.6) is 0 Å². The highest BCUT2D eigenvalue weighted by Crippen LogP contribution is 2.36. The Morgan fingerprint density at radius 2 is 2.00 bits per heavy atom. The number of pyridine rings is 1. The lowest BCUT2D eigenvalue weighted by molar-refractivity contribution is -0.112. The molecule has 0 aliphatic heterocycles. The van der Waals surface area contributed by atoms with Gasteiger partial charge in [0, 0.05) is 46.4 Å². The molecule has 1 amide bonds. The van der Waals surface area contributed by atoms with Crippen LogP contribution in [0.25, 0.3) is 22.0 Å². The van der Waals surface area contributed by atoms with E-state index in [9.17, 15) is 4.79 Å². The Morgan fingerprint density at radius 3 is 2.79 bits per heavy atom. The van der Waals surface area contributed by atoms with Crippen molar-refractivity contribution in [2.75, 3.05) is 25.0 Å². The third-order valence-electron chi connectivity index (χ3n) is 5.72. The summed E-state index contributed by atoms with van der Waals surface area (Å²) in [6, 6.07) is 15.3. The zero-order chi connectivity index (χ0) is 23.4. The number of allylic oxidation sites excluding steroid dienone is 1. The van der Waals surface area contributed by atoms with Crippen molar-refractivity contribution >= 4 is 45.6 Å². The highest BCUT2D eigenvalue weighted by Gasteiger charge is 2.28. The van der Waals surface area contributed by atoms with Gasteiger partial charge in [-0.05, 0) is 36.1 Å². The molecule has 1 aromatic heterocycles. The molecule has 2 aromatic carbocycles. The minimum absolute atomic E-state index is 0.0778. The van der Waals surface area contributed by atoms with Crippen LogP contribution in [0.4, 0.5) is 5.69 Å². The van der Waals surface area contributed by atoms with Crippen molar-refractivity contribution in [2.45, 2.75) is 13.3 Å². The summed E-state index contributed by atoms with van der Waals surface area (Å²) in [5, 5.41) is 18.1. The molecule has 0 saturated heterocycles. The first-order valence-corrected chi connectivity index (χ1v) is 11.5. The molecular weight excluding hydrogens is 457 g/mol. The molecule has 0 bridgehead atoms. The molecule has 0 saturated carbocycles. The van der Waals surface area contributed by atoms with Crippen molar-refractivity contribution in [2.24, 2.45) is 5.41 Å². The van der Waals surface area contributed by atoms with E-state index < -0.39 is 0 Å². The van der Waals surface area contributed by atoms with Gasteiger partial charge in [0.1, 0.15) is 0 Å². The summed E-state index contributed by atoms with van der Waals surface area (Å²) in [6.45, 7) is 3.32. The van der Waals surface area contributed by atoms with Crippen LogP contribution in [0.3, 0.4) is 0 Å². The summed E-state index contributed by atoms with van der Waals surface area (Å²) in [4.78, 5) is 17.5. The normalized spacial score (nSPS) is 18.1. The summed E-state index contributed by atoms with van der Waals surface area (Å²) < 4.78 is 0. The molecule has 0 fully saturated rings. The van der Waals surface area contributed by atoms with E-state index in [1.165, 1.54) is 0 Å². The summed E-state index contributed by atoms with van der Waals surface area (Å²) in [6.07, 6.45) is 6.18. The summed E-state index contributed by atoms with van der Waals surface area (Å²) in [7, 11) is 0. The average Bonchev–Trinajstić information content (AvgIpc) is 2.80. The van der Waals surface area contributed by atoms with E-state index in [0.29, 0.717) is 40.8 Å². The van der Waals surface area contributed by atoms with Crippen LogP contribution in [0.15, 0.2) is 77.5 Å². The minimum Gasteiger partial charge on any atom is -0.395 e. The molecule has 3 N–H and O–H groups in total. The summed E-state index contributed by atoms with van der Waals surface area (Å²) in [5.74, 6) is -0.277. The molecule has 5 nitrogen and oxygen atoms in total. The quantitative estimate of drug-likeness (QED) is 0.387. The molecule has 170 valence electrons. The third kappa shape index (κ3) is 5.28. The van der Waals surface area contributed by atoms with E-state index in [4.69, 9.17) is 28.3 Å². The van der Waals surface area contributed by atoms with Crippen molar-refractivity contribution in [1.29, 1.82) is 0 Å².